The highest BCUT2D eigenvalue weighted by atomic mass is 16.5. The van der Waals surface area contributed by atoms with Gasteiger partial charge in [-0.25, -0.2) is 4.98 Å². The number of aliphatic hydroxyl groups is 1. The lowest BCUT2D eigenvalue weighted by Gasteiger charge is -2.04. The van der Waals surface area contributed by atoms with Crippen molar-refractivity contribution in [1.29, 1.82) is 0 Å². The van der Waals surface area contributed by atoms with Crippen molar-refractivity contribution in [2.24, 2.45) is 0 Å². The van der Waals surface area contributed by atoms with Gasteiger partial charge in [0, 0.05) is 13.2 Å². The Kier molecular flexibility index (Phi) is 6.44. The van der Waals surface area contributed by atoms with Crippen LogP contribution >= 0.6 is 0 Å². The second kappa shape index (κ2) is 8.01. The average molecular weight is 225 g/mol. The number of hydrogen-bond acceptors (Lipinski definition) is 5. The summed E-state index contributed by atoms with van der Waals surface area (Å²) in [5.41, 5.74) is 0.906. The molecular weight excluding hydrogens is 206 g/mol. The van der Waals surface area contributed by atoms with E-state index in [4.69, 9.17) is 9.84 Å². The Bertz CT molecular complexity index is 277. The number of methoxy groups -OCH3 is 1. The fraction of sp³-hybridized carbons (Fsp3) is 0.636. The van der Waals surface area contributed by atoms with Gasteiger partial charge in [-0.05, 0) is 25.8 Å². The summed E-state index contributed by atoms with van der Waals surface area (Å²) in [6.07, 6.45) is 6.33. The van der Waals surface area contributed by atoms with Crippen LogP contribution in [-0.2, 0) is 6.54 Å². The van der Waals surface area contributed by atoms with Crippen LogP contribution in [0, 0.1) is 0 Å². The molecule has 0 aliphatic rings. The quantitative estimate of drug-likeness (QED) is 0.639. The number of aromatic nitrogens is 2. The van der Waals surface area contributed by atoms with E-state index >= 15 is 0 Å². The van der Waals surface area contributed by atoms with Gasteiger partial charge >= 0.3 is 0 Å². The molecule has 1 heterocycles. The monoisotopic (exact) mass is 225 g/mol. The fourth-order valence-electron chi connectivity index (χ4n) is 1.29. The van der Waals surface area contributed by atoms with Crippen LogP contribution in [0.5, 0.6) is 5.88 Å². The highest BCUT2D eigenvalue weighted by Gasteiger charge is 1.96. The molecule has 0 amide bonds. The highest BCUT2D eigenvalue weighted by molar-refractivity contribution is 5.06. The lowest BCUT2D eigenvalue weighted by molar-refractivity contribution is 0.283. The van der Waals surface area contributed by atoms with Gasteiger partial charge in [0.05, 0.1) is 25.2 Å². The minimum atomic E-state index is 0.282. The maximum atomic E-state index is 8.60. The second-order valence-corrected chi connectivity index (χ2v) is 3.51. The van der Waals surface area contributed by atoms with Crippen molar-refractivity contribution in [2.45, 2.75) is 25.8 Å². The van der Waals surface area contributed by atoms with E-state index in [1.807, 2.05) is 0 Å². The van der Waals surface area contributed by atoms with Gasteiger partial charge in [0.2, 0.25) is 5.88 Å². The van der Waals surface area contributed by atoms with E-state index in [2.05, 4.69) is 15.3 Å². The van der Waals surface area contributed by atoms with Crippen LogP contribution in [0.1, 0.15) is 25.0 Å². The third-order valence-electron chi connectivity index (χ3n) is 2.21. The maximum absolute atomic E-state index is 8.60. The van der Waals surface area contributed by atoms with Gasteiger partial charge in [-0.1, -0.05) is 0 Å². The van der Waals surface area contributed by atoms with E-state index in [-0.39, 0.29) is 6.61 Å². The normalized spacial score (nSPS) is 10.4. The molecule has 1 aromatic rings. The van der Waals surface area contributed by atoms with Crippen LogP contribution in [0.2, 0.25) is 0 Å². The fourth-order valence-corrected chi connectivity index (χ4v) is 1.29. The Morgan fingerprint density at radius 3 is 2.75 bits per heavy atom. The summed E-state index contributed by atoms with van der Waals surface area (Å²) in [6, 6.07) is 0. The first-order chi connectivity index (χ1) is 7.86. The number of hydrogen-bond donors (Lipinski definition) is 2. The SMILES string of the molecule is COc1cnc(CNCCCCCO)cn1. The first kappa shape index (κ1) is 12.9. The molecule has 1 aromatic heterocycles. The molecule has 5 heteroatoms. The standard InChI is InChI=1S/C11H19N3O2/c1-16-11-9-13-10(8-14-11)7-12-5-3-2-4-6-15/h8-9,12,15H,2-7H2,1H3. The topological polar surface area (TPSA) is 67.3 Å². The van der Waals surface area contributed by atoms with Crippen LogP contribution in [0.4, 0.5) is 0 Å². The Morgan fingerprint density at radius 2 is 2.12 bits per heavy atom. The van der Waals surface area contributed by atoms with Gasteiger partial charge in [0.15, 0.2) is 0 Å². The zero-order chi connectivity index (χ0) is 11.6. The number of rotatable bonds is 8. The molecule has 0 spiro atoms. The number of aliphatic hydroxyl groups excluding tert-OH is 1. The highest BCUT2D eigenvalue weighted by Crippen LogP contribution is 2.02. The van der Waals surface area contributed by atoms with Crippen molar-refractivity contribution in [3.8, 4) is 5.88 Å². The van der Waals surface area contributed by atoms with Gasteiger partial charge in [-0.2, -0.15) is 0 Å². The molecule has 0 saturated carbocycles. The maximum Gasteiger partial charge on any atom is 0.231 e. The van der Waals surface area contributed by atoms with E-state index in [1.165, 1.54) is 0 Å². The zero-order valence-electron chi connectivity index (χ0n) is 9.65. The first-order valence-corrected chi connectivity index (χ1v) is 5.53. The molecule has 0 radical (unpaired) electrons. The predicted octanol–water partition coefficient (Wildman–Crippen LogP) is 0.737. The van der Waals surface area contributed by atoms with Gasteiger partial charge in [0.25, 0.3) is 0 Å². The summed E-state index contributed by atoms with van der Waals surface area (Å²) in [4.78, 5) is 8.26. The Hall–Kier alpha value is -1.20. The number of nitrogens with zero attached hydrogens (tertiary/aromatic N) is 2. The van der Waals surface area contributed by atoms with Crippen LogP contribution in [0.15, 0.2) is 12.4 Å². The predicted molar refractivity (Wildman–Crippen MR) is 61.2 cm³/mol. The van der Waals surface area contributed by atoms with Crippen LogP contribution < -0.4 is 10.1 Å². The summed E-state index contributed by atoms with van der Waals surface area (Å²) in [7, 11) is 1.57. The Labute approximate surface area is 95.9 Å². The third kappa shape index (κ3) is 5.04. The van der Waals surface area contributed by atoms with E-state index in [9.17, 15) is 0 Å². The molecule has 1 rings (SSSR count). The molecule has 0 saturated heterocycles. The molecule has 5 nitrogen and oxygen atoms in total. The summed E-state index contributed by atoms with van der Waals surface area (Å²) in [5.74, 6) is 0.534. The van der Waals surface area contributed by atoms with Gasteiger partial charge < -0.3 is 15.2 Å². The van der Waals surface area contributed by atoms with Crippen molar-refractivity contribution >= 4 is 0 Å². The number of nitrogens with one attached hydrogen (secondary N) is 1. The Balaban J connectivity index is 2.12. The summed E-state index contributed by atoms with van der Waals surface area (Å²) >= 11 is 0. The number of ether oxygens (including phenoxy) is 1. The molecule has 90 valence electrons. The van der Waals surface area contributed by atoms with Gasteiger partial charge in [-0.15, -0.1) is 0 Å². The molecule has 0 atom stereocenters. The van der Waals surface area contributed by atoms with E-state index in [0.717, 1.165) is 38.0 Å². The van der Waals surface area contributed by atoms with Crippen LogP contribution in [0.25, 0.3) is 0 Å². The molecule has 2 N–H and O–H groups in total. The molecular formula is C11H19N3O2. The Morgan fingerprint density at radius 1 is 1.25 bits per heavy atom. The lowest BCUT2D eigenvalue weighted by Crippen LogP contribution is -2.15. The molecule has 0 aliphatic carbocycles. The van der Waals surface area contributed by atoms with Gasteiger partial charge in [-0.3, -0.25) is 4.98 Å². The second-order valence-electron chi connectivity index (χ2n) is 3.51. The largest absolute Gasteiger partial charge is 0.480 e. The molecule has 0 bridgehead atoms. The third-order valence-corrected chi connectivity index (χ3v) is 2.21. The molecule has 0 fully saturated rings. The summed E-state index contributed by atoms with van der Waals surface area (Å²) in [6.45, 7) is 1.94. The molecule has 0 aliphatic heterocycles. The lowest BCUT2D eigenvalue weighted by atomic mass is 10.2. The number of unbranched alkanes of at least 4 members (excludes halogenated alkanes) is 2. The van der Waals surface area contributed by atoms with Crippen molar-refractivity contribution in [2.75, 3.05) is 20.3 Å². The average Bonchev–Trinajstić information content (AvgIpc) is 2.34. The van der Waals surface area contributed by atoms with E-state index in [0.29, 0.717) is 5.88 Å². The van der Waals surface area contributed by atoms with Crippen LogP contribution in [0.3, 0.4) is 0 Å². The van der Waals surface area contributed by atoms with E-state index in [1.54, 1.807) is 19.5 Å². The van der Waals surface area contributed by atoms with Crippen molar-refractivity contribution < 1.29 is 9.84 Å². The van der Waals surface area contributed by atoms with Gasteiger partial charge in [0.1, 0.15) is 0 Å². The first-order valence-electron chi connectivity index (χ1n) is 5.53. The van der Waals surface area contributed by atoms with Crippen molar-refractivity contribution in [3.05, 3.63) is 18.1 Å². The molecule has 0 unspecified atom stereocenters. The van der Waals surface area contributed by atoms with E-state index < -0.39 is 0 Å². The smallest absolute Gasteiger partial charge is 0.231 e. The summed E-state index contributed by atoms with van der Waals surface area (Å²) in [5, 5.41) is 11.9. The minimum Gasteiger partial charge on any atom is -0.480 e. The van der Waals surface area contributed by atoms with Crippen molar-refractivity contribution in [3.63, 3.8) is 0 Å². The molecule has 16 heavy (non-hydrogen) atoms. The zero-order valence-corrected chi connectivity index (χ0v) is 9.65. The summed E-state index contributed by atoms with van der Waals surface area (Å²) < 4.78 is 4.92. The van der Waals surface area contributed by atoms with Crippen molar-refractivity contribution in [1.82, 2.24) is 15.3 Å². The van der Waals surface area contributed by atoms with Crippen LogP contribution in [-0.4, -0.2) is 35.3 Å². The minimum absolute atomic E-state index is 0.282. The molecule has 0 aromatic carbocycles.